The standard InChI is InChI=1S/C26H27N3O4S/c1-5-18-15-20(26(34-18)29-25(30)21-7-6-12-33-21)24(28-23-13-16(2)10-11-27-23)19-9-8-17(31-3)14-22(19)32-4/h6-15,24H,5H2,1-4H3,(H,27,28)(H,29,30)/t24-/m0/s1. The topological polar surface area (TPSA) is 85.6 Å². The molecule has 0 aliphatic heterocycles. The van der Waals surface area contributed by atoms with Gasteiger partial charge in [-0.1, -0.05) is 6.92 Å². The highest BCUT2D eigenvalue weighted by atomic mass is 32.1. The fraction of sp³-hybridized carbons (Fsp3) is 0.231. The Labute approximate surface area is 202 Å². The third-order valence-electron chi connectivity index (χ3n) is 5.40. The smallest absolute Gasteiger partial charge is 0.291 e. The first-order valence-corrected chi connectivity index (χ1v) is 11.7. The molecule has 0 fully saturated rings. The number of aryl methyl sites for hydroxylation is 2. The van der Waals surface area contributed by atoms with E-state index >= 15 is 0 Å². The molecule has 3 aromatic heterocycles. The zero-order valence-corrected chi connectivity index (χ0v) is 20.4. The van der Waals surface area contributed by atoms with Gasteiger partial charge in [0.05, 0.1) is 26.5 Å². The highest BCUT2D eigenvalue weighted by molar-refractivity contribution is 7.16. The molecule has 4 rings (SSSR count). The van der Waals surface area contributed by atoms with Gasteiger partial charge in [-0.15, -0.1) is 11.3 Å². The Morgan fingerprint density at radius 1 is 1.12 bits per heavy atom. The van der Waals surface area contributed by atoms with Crippen LogP contribution in [0.4, 0.5) is 10.8 Å². The molecule has 3 heterocycles. The van der Waals surface area contributed by atoms with Gasteiger partial charge in [-0.05, 0) is 61.4 Å². The molecular weight excluding hydrogens is 450 g/mol. The fourth-order valence-electron chi connectivity index (χ4n) is 3.66. The molecule has 7 nitrogen and oxygen atoms in total. The summed E-state index contributed by atoms with van der Waals surface area (Å²) in [5.74, 6) is 2.03. The van der Waals surface area contributed by atoms with Crippen LogP contribution in [0.25, 0.3) is 0 Å². The molecule has 4 aromatic rings. The molecule has 1 aromatic carbocycles. The lowest BCUT2D eigenvalue weighted by atomic mass is 9.98. The summed E-state index contributed by atoms with van der Waals surface area (Å²) in [6.45, 7) is 4.11. The van der Waals surface area contributed by atoms with Crippen LogP contribution < -0.4 is 20.1 Å². The summed E-state index contributed by atoms with van der Waals surface area (Å²) in [5.41, 5.74) is 2.89. The first-order valence-electron chi connectivity index (χ1n) is 10.9. The second kappa shape index (κ2) is 10.4. The lowest BCUT2D eigenvalue weighted by Crippen LogP contribution is -2.17. The van der Waals surface area contributed by atoms with Crippen molar-refractivity contribution in [2.45, 2.75) is 26.3 Å². The Morgan fingerprint density at radius 3 is 2.65 bits per heavy atom. The number of rotatable bonds is 9. The number of carbonyl (C=O) groups is 1. The van der Waals surface area contributed by atoms with Crippen molar-refractivity contribution < 1.29 is 18.7 Å². The van der Waals surface area contributed by atoms with E-state index in [0.29, 0.717) is 11.5 Å². The summed E-state index contributed by atoms with van der Waals surface area (Å²) in [6, 6.07) is 14.7. The van der Waals surface area contributed by atoms with Crippen LogP contribution in [0.2, 0.25) is 0 Å². The van der Waals surface area contributed by atoms with E-state index < -0.39 is 0 Å². The maximum atomic E-state index is 12.8. The Bertz CT molecular complexity index is 1270. The Kier molecular flexibility index (Phi) is 7.18. The van der Waals surface area contributed by atoms with Gasteiger partial charge >= 0.3 is 0 Å². The number of benzene rings is 1. The third-order valence-corrected chi connectivity index (χ3v) is 6.61. The van der Waals surface area contributed by atoms with E-state index in [1.165, 1.54) is 6.26 Å². The van der Waals surface area contributed by atoms with Gasteiger partial charge in [-0.3, -0.25) is 4.79 Å². The molecule has 34 heavy (non-hydrogen) atoms. The molecule has 0 unspecified atom stereocenters. The van der Waals surface area contributed by atoms with Gasteiger partial charge < -0.3 is 24.5 Å². The molecule has 1 atom stereocenters. The number of thiophene rings is 1. The van der Waals surface area contributed by atoms with Gasteiger partial charge in [-0.25, -0.2) is 4.98 Å². The minimum Gasteiger partial charge on any atom is -0.497 e. The average molecular weight is 478 g/mol. The van der Waals surface area contributed by atoms with E-state index in [1.54, 1.807) is 43.9 Å². The van der Waals surface area contributed by atoms with Crippen molar-refractivity contribution in [3.8, 4) is 11.5 Å². The molecule has 0 aliphatic rings. The molecule has 0 saturated carbocycles. The molecular formula is C26H27N3O4S. The SMILES string of the molecule is CCc1cc([C@@H](Nc2cc(C)ccn2)c2ccc(OC)cc2OC)c(NC(=O)c2ccco2)s1. The van der Waals surface area contributed by atoms with Crippen LogP contribution in [0.1, 0.15) is 45.1 Å². The number of anilines is 2. The number of carbonyl (C=O) groups excluding carboxylic acids is 1. The number of nitrogens with one attached hydrogen (secondary N) is 2. The largest absolute Gasteiger partial charge is 0.497 e. The molecule has 0 bridgehead atoms. The lowest BCUT2D eigenvalue weighted by Gasteiger charge is -2.23. The first kappa shape index (κ1) is 23.4. The first-order chi connectivity index (χ1) is 16.5. The zero-order valence-electron chi connectivity index (χ0n) is 19.5. The van der Waals surface area contributed by atoms with Crippen molar-refractivity contribution in [3.05, 3.63) is 88.3 Å². The monoisotopic (exact) mass is 477 g/mol. The number of methoxy groups -OCH3 is 2. The van der Waals surface area contributed by atoms with Crippen molar-refractivity contribution in [2.24, 2.45) is 0 Å². The van der Waals surface area contributed by atoms with Crippen LogP contribution in [0.3, 0.4) is 0 Å². The molecule has 0 aliphatic carbocycles. The number of pyridine rings is 1. The van der Waals surface area contributed by atoms with Crippen LogP contribution in [0.5, 0.6) is 11.5 Å². The van der Waals surface area contributed by atoms with Crippen molar-refractivity contribution in [1.29, 1.82) is 0 Å². The number of hydrogen-bond donors (Lipinski definition) is 2. The van der Waals surface area contributed by atoms with Crippen LogP contribution >= 0.6 is 11.3 Å². The average Bonchev–Trinajstić information content (AvgIpc) is 3.53. The number of hydrogen-bond acceptors (Lipinski definition) is 7. The van der Waals surface area contributed by atoms with Crippen LogP contribution in [-0.4, -0.2) is 25.1 Å². The van der Waals surface area contributed by atoms with Crippen LogP contribution in [0.15, 0.2) is 65.4 Å². The lowest BCUT2D eigenvalue weighted by molar-refractivity contribution is 0.0997. The summed E-state index contributed by atoms with van der Waals surface area (Å²) in [6.07, 6.45) is 4.09. The summed E-state index contributed by atoms with van der Waals surface area (Å²) in [4.78, 5) is 18.5. The second-order valence-corrected chi connectivity index (χ2v) is 8.82. The highest BCUT2D eigenvalue weighted by Crippen LogP contribution is 2.41. The van der Waals surface area contributed by atoms with Crippen molar-refractivity contribution in [3.63, 3.8) is 0 Å². The molecule has 1 amide bonds. The summed E-state index contributed by atoms with van der Waals surface area (Å²) in [7, 11) is 3.25. The summed E-state index contributed by atoms with van der Waals surface area (Å²) < 4.78 is 16.4. The van der Waals surface area contributed by atoms with Crippen molar-refractivity contribution >= 4 is 28.1 Å². The minimum absolute atomic E-state index is 0.254. The minimum atomic E-state index is -0.349. The predicted octanol–water partition coefficient (Wildman–Crippen LogP) is 6.08. The van der Waals surface area contributed by atoms with Crippen molar-refractivity contribution in [1.82, 2.24) is 4.98 Å². The van der Waals surface area contributed by atoms with Gasteiger partial charge in [0.25, 0.3) is 5.91 Å². The highest BCUT2D eigenvalue weighted by Gasteiger charge is 2.26. The van der Waals surface area contributed by atoms with E-state index in [4.69, 9.17) is 13.9 Å². The predicted molar refractivity (Wildman–Crippen MR) is 134 cm³/mol. The zero-order chi connectivity index (χ0) is 24.1. The van der Waals surface area contributed by atoms with Crippen LogP contribution in [0, 0.1) is 6.92 Å². The molecule has 0 saturated heterocycles. The normalized spacial score (nSPS) is 11.6. The summed E-state index contributed by atoms with van der Waals surface area (Å²) >= 11 is 1.54. The van der Waals surface area contributed by atoms with E-state index in [-0.39, 0.29) is 17.7 Å². The maximum Gasteiger partial charge on any atom is 0.291 e. The van der Waals surface area contributed by atoms with Gasteiger partial charge in [0.1, 0.15) is 22.3 Å². The third kappa shape index (κ3) is 5.07. The van der Waals surface area contributed by atoms with E-state index in [9.17, 15) is 4.79 Å². The van der Waals surface area contributed by atoms with Gasteiger partial charge in [-0.2, -0.15) is 0 Å². The van der Waals surface area contributed by atoms with E-state index in [0.717, 1.165) is 38.8 Å². The number of furan rings is 1. The number of nitrogens with zero attached hydrogens (tertiary/aromatic N) is 1. The Balaban J connectivity index is 1.82. The number of amides is 1. The molecule has 0 radical (unpaired) electrons. The van der Waals surface area contributed by atoms with E-state index in [2.05, 4.69) is 28.6 Å². The van der Waals surface area contributed by atoms with Crippen LogP contribution in [-0.2, 0) is 6.42 Å². The Hall–Kier alpha value is -3.78. The number of aromatic nitrogens is 1. The quantitative estimate of drug-likeness (QED) is 0.304. The van der Waals surface area contributed by atoms with Crippen molar-refractivity contribution in [2.75, 3.05) is 24.9 Å². The van der Waals surface area contributed by atoms with Gasteiger partial charge in [0, 0.05) is 28.3 Å². The Morgan fingerprint density at radius 2 is 1.97 bits per heavy atom. The van der Waals surface area contributed by atoms with E-state index in [1.807, 2.05) is 37.3 Å². The summed E-state index contributed by atoms with van der Waals surface area (Å²) in [5, 5.41) is 7.32. The fourth-order valence-corrected chi connectivity index (χ4v) is 4.69. The number of ether oxygens (including phenoxy) is 2. The van der Waals surface area contributed by atoms with Gasteiger partial charge in [0.2, 0.25) is 0 Å². The van der Waals surface area contributed by atoms with Gasteiger partial charge in [0.15, 0.2) is 5.76 Å². The molecule has 2 N–H and O–H groups in total. The molecule has 0 spiro atoms. The maximum absolute atomic E-state index is 12.8. The second-order valence-electron chi connectivity index (χ2n) is 7.69. The molecule has 8 heteroatoms. The molecule has 176 valence electrons.